The van der Waals surface area contributed by atoms with Crippen LogP contribution in [0.1, 0.15) is 71.1 Å². The molecule has 0 saturated carbocycles. The summed E-state index contributed by atoms with van der Waals surface area (Å²) < 4.78 is 0. The Morgan fingerprint density at radius 3 is 2.22 bits per heavy atom. The van der Waals surface area contributed by atoms with Crippen LogP contribution in [0, 0.1) is 0 Å². The summed E-state index contributed by atoms with van der Waals surface area (Å²) in [4.78, 5) is 26.7. The van der Waals surface area contributed by atoms with Crippen molar-refractivity contribution in [3.05, 3.63) is 0 Å². The first-order valence-electron chi connectivity index (χ1n) is 8.55. The van der Waals surface area contributed by atoms with Crippen molar-refractivity contribution >= 4 is 17.8 Å². The molecule has 0 bridgehead atoms. The van der Waals surface area contributed by atoms with E-state index < -0.39 is 12.0 Å². The monoisotopic (exact) mass is 328 g/mol. The fourth-order valence-electron chi connectivity index (χ4n) is 2.27. The molecule has 0 fully saturated rings. The Bertz CT molecular complexity index is 368. The molecule has 0 aliphatic heterocycles. The van der Waals surface area contributed by atoms with Gasteiger partial charge in [-0.05, 0) is 19.3 Å². The first-order valence-corrected chi connectivity index (χ1v) is 8.55. The van der Waals surface area contributed by atoms with E-state index in [4.69, 9.17) is 16.6 Å². The molecule has 23 heavy (non-hydrogen) atoms. The van der Waals surface area contributed by atoms with Gasteiger partial charge in [0.15, 0.2) is 5.96 Å². The molecule has 0 heterocycles. The summed E-state index contributed by atoms with van der Waals surface area (Å²) in [6.45, 7) is 2.54. The average Bonchev–Trinajstić information content (AvgIpc) is 2.49. The van der Waals surface area contributed by atoms with E-state index in [0.29, 0.717) is 25.8 Å². The lowest BCUT2D eigenvalue weighted by Crippen LogP contribution is -2.40. The van der Waals surface area contributed by atoms with Gasteiger partial charge in [0.05, 0.1) is 0 Å². The molecule has 0 aromatic rings. The highest BCUT2D eigenvalue weighted by Crippen LogP contribution is 2.08. The van der Waals surface area contributed by atoms with Crippen molar-refractivity contribution in [1.82, 2.24) is 5.32 Å². The number of carboxylic acids is 1. The molecule has 0 rings (SSSR count). The Kier molecular flexibility index (Phi) is 12.8. The molecule has 1 unspecified atom stereocenters. The van der Waals surface area contributed by atoms with Gasteiger partial charge in [0.25, 0.3) is 0 Å². The lowest BCUT2D eigenvalue weighted by Gasteiger charge is -2.14. The quantitative estimate of drug-likeness (QED) is 0.219. The van der Waals surface area contributed by atoms with E-state index in [-0.39, 0.29) is 11.9 Å². The van der Waals surface area contributed by atoms with E-state index in [1.54, 1.807) is 0 Å². The van der Waals surface area contributed by atoms with Crippen molar-refractivity contribution in [2.45, 2.75) is 77.2 Å². The van der Waals surface area contributed by atoms with Gasteiger partial charge in [-0.2, -0.15) is 0 Å². The van der Waals surface area contributed by atoms with Crippen LogP contribution in [0.25, 0.3) is 0 Å². The molecular formula is C16H32N4O3. The summed E-state index contributed by atoms with van der Waals surface area (Å²) in [5, 5.41) is 11.7. The number of carboxylic acid groups (broad SMARTS) is 1. The molecule has 6 N–H and O–H groups in total. The number of nitrogens with one attached hydrogen (secondary N) is 1. The van der Waals surface area contributed by atoms with Gasteiger partial charge < -0.3 is 21.9 Å². The Hall–Kier alpha value is -1.79. The second-order valence-electron chi connectivity index (χ2n) is 5.78. The van der Waals surface area contributed by atoms with Crippen molar-refractivity contribution in [1.29, 1.82) is 0 Å². The third-order valence-electron chi connectivity index (χ3n) is 3.59. The van der Waals surface area contributed by atoms with Crippen molar-refractivity contribution in [3.8, 4) is 0 Å². The Morgan fingerprint density at radius 2 is 1.65 bits per heavy atom. The number of hydrogen-bond acceptors (Lipinski definition) is 3. The minimum atomic E-state index is -1.03. The zero-order valence-electron chi connectivity index (χ0n) is 14.2. The zero-order chi connectivity index (χ0) is 17.5. The standard InChI is InChI=1S/C16H32N4O3/c1-2-3-4-5-6-7-8-11-14(21)20-13(15(22)23)10-9-12-19-16(17)18/h13H,2-12H2,1H3,(H,20,21)(H,22,23)(H4,17,18,19). The fraction of sp³-hybridized carbons (Fsp3) is 0.812. The SMILES string of the molecule is CCCCCCCCCC(=O)NC(CCCN=C(N)N)C(=O)O. The molecule has 1 atom stereocenters. The van der Waals surface area contributed by atoms with Crippen LogP contribution in [0.15, 0.2) is 4.99 Å². The van der Waals surface area contributed by atoms with Crippen LogP contribution in [0.3, 0.4) is 0 Å². The lowest BCUT2D eigenvalue weighted by atomic mass is 10.1. The smallest absolute Gasteiger partial charge is 0.326 e. The summed E-state index contributed by atoms with van der Waals surface area (Å²) in [5.74, 6) is -1.24. The predicted molar refractivity (Wildman–Crippen MR) is 92.1 cm³/mol. The number of carbonyl (C=O) groups excluding carboxylic acids is 1. The second-order valence-corrected chi connectivity index (χ2v) is 5.78. The Labute approximate surface area is 138 Å². The van der Waals surface area contributed by atoms with Gasteiger partial charge >= 0.3 is 5.97 Å². The number of nitrogens with zero attached hydrogens (tertiary/aromatic N) is 1. The van der Waals surface area contributed by atoms with Gasteiger partial charge in [-0.15, -0.1) is 0 Å². The number of aliphatic carboxylic acids is 1. The molecule has 0 aliphatic rings. The van der Waals surface area contributed by atoms with Crippen LogP contribution in [-0.2, 0) is 9.59 Å². The summed E-state index contributed by atoms with van der Waals surface area (Å²) >= 11 is 0. The number of amides is 1. The van der Waals surface area contributed by atoms with Gasteiger partial charge in [-0.3, -0.25) is 9.79 Å². The summed E-state index contributed by atoms with van der Waals surface area (Å²) in [7, 11) is 0. The third-order valence-corrected chi connectivity index (χ3v) is 3.59. The maximum absolute atomic E-state index is 11.8. The number of unbranched alkanes of at least 4 members (excludes halogenated alkanes) is 6. The number of guanidine groups is 1. The van der Waals surface area contributed by atoms with E-state index in [1.165, 1.54) is 25.7 Å². The van der Waals surface area contributed by atoms with E-state index in [2.05, 4.69) is 17.2 Å². The van der Waals surface area contributed by atoms with Gasteiger partial charge in [0.1, 0.15) is 6.04 Å². The molecule has 7 heteroatoms. The van der Waals surface area contributed by atoms with Crippen molar-refractivity contribution in [3.63, 3.8) is 0 Å². The molecule has 0 aromatic heterocycles. The van der Waals surface area contributed by atoms with Gasteiger partial charge in [0, 0.05) is 13.0 Å². The van der Waals surface area contributed by atoms with Gasteiger partial charge in [0.2, 0.25) is 5.91 Å². The molecule has 0 aromatic carbocycles. The minimum absolute atomic E-state index is 0.0140. The largest absolute Gasteiger partial charge is 0.480 e. The number of aliphatic imine (C=N–C) groups is 1. The van der Waals surface area contributed by atoms with Crippen molar-refractivity contribution in [2.75, 3.05) is 6.54 Å². The molecule has 0 spiro atoms. The molecule has 134 valence electrons. The summed E-state index contributed by atoms with van der Waals surface area (Å²) in [5.41, 5.74) is 10.4. The average molecular weight is 328 g/mol. The summed E-state index contributed by atoms with van der Waals surface area (Å²) in [6.07, 6.45) is 9.10. The van der Waals surface area contributed by atoms with Crippen LogP contribution >= 0.6 is 0 Å². The number of carbonyl (C=O) groups is 2. The predicted octanol–water partition coefficient (Wildman–Crippen LogP) is 1.75. The zero-order valence-corrected chi connectivity index (χ0v) is 14.2. The van der Waals surface area contributed by atoms with E-state index in [9.17, 15) is 9.59 Å². The van der Waals surface area contributed by atoms with Crippen LogP contribution in [0.5, 0.6) is 0 Å². The van der Waals surface area contributed by atoms with Crippen LogP contribution in [0.2, 0.25) is 0 Å². The first-order chi connectivity index (χ1) is 11.0. The molecular weight excluding hydrogens is 296 g/mol. The van der Waals surface area contributed by atoms with E-state index in [1.807, 2.05) is 0 Å². The Balaban J connectivity index is 3.84. The normalized spacial score (nSPS) is 11.7. The van der Waals surface area contributed by atoms with Gasteiger partial charge in [-0.1, -0.05) is 45.4 Å². The van der Waals surface area contributed by atoms with Crippen LogP contribution in [0.4, 0.5) is 0 Å². The number of nitrogens with two attached hydrogens (primary N) is 2. The molecule has 7 nitrogen and oxygen atoms in total. The first kappa shape index (κ1) is 21.2. The highest BCUT2D eigenvalue weighted by Gasteiger charge is 2.18. The Morgan fingerprint density at radius 1 is 1.04 bits per heavy atom. The minimum Gasteiger partial charge on any atom is -0.480 e. The van der Waals surface area contributed by atoms with Crippen LogP contribution in [-0.4, -0.2) is 35.5 Å². The third kappa shape index (κ3) is 13.6. The van der Waals surface area contributed by atoms with E-state index >= 15 is 0 Å². The topological polar surface area (TPSA) is 131 Å². The maximum Gasteiger partial charge on any atom is 0.326 e. The maximum atomic E-state index is 11.8. The molecule has 0 aliphatic carbocycles. The number of hydrogen-bond donors (Lipinski definition) is 4. The second kappa shape index (κ2) is 13.8. The number of rotatable bonds is 14. The van der Waals surface area contributed by atoms with Gasteiger partial charge in [-0.25, -0.2) is 4.79 Å². The van der Waals surface area contributed by atoms with Crippen molar-refractivity contribution in [2.24, 2.45) is 16.5 Å². The molecule has 0 radical (unpaired) electrons. The van der Waals surface area contributed by atoms with Crippen LogP contribution < -0.4 is 16.8 Å². The van der Waals surface area contributed by atoms with Crippen molar-refractivity contribution < 1.29 is 14.7 Å². The lowest BCUT2D eigenvalue weighted by molar-refractivity contribution is -0.142. The summed E-state index contributed by atoms with van der Waals surface area (Å²) in [6, 6.07) is -0.874. The molecule has 0 saturated heterocycles. The molecule has 1 amide bonds. The highest BCUT2D eigenvalue weighted by molar-refractivity contribution is 5.83. The fourth-order valence-corrected chi connectivity index (χ4v) is 2.27. The van der Waals surface area contributed by atoms with E-state index in [0.717, 1.165) is 19.3 Å². The highest BCUT2D eigenvalue weighted by atomic mass is 16.4.